The van der Waals surface area contributed by atoms with Crippen molar-refractivity contribution in [3.05, 3.63) is 58.6 Å². The molecule has 0 fully saturated rings. The Hall–Kier alpha value is -1.80. The maximum Gasteiger partial charge on any atom is 0.153 e. The minimum absolute atomic E-state index is 0.528. The van der Waals surface area contributed by atoms with E-state index < -0.39 is 0 Å². The molecule has 2 aromatic carbocycles. The number of aryl methyl sites for hydroxylation is 1. The lowest BCUT2D eigenvalue weighted by atomic mass is 10.2. The number of rotatable bonds is 3. The summed E-state index contributed by atoms with van der Waals surface area (Å²) in [5, 5.41) is 0.695. The average molecular weight is 247 g/mol. The lowest BCUT2D eigenvalue weighted by Crippen LogP contribution is -1.90. The molecule has 2 nitrogen and oxygen atoms in total. The van der Waals surface area contributed by atoms with Crippen LogP contribution >= 0.6 is 11.6 Å². The van der Waals surface area contributed by atoms with Gasteiger partial charge in [-0.05, 0) is 42.8 Å². The van der Waals surface area contributed by atoms with Gasteiger partial charge in [0.2, 0.25) is 0 Å². The van der Waals surface area contributed by atoms with Crippen molar-refractivity contribution in [1.29, 1.82) is 0 Å². The molecule has 0 spiro atoms. The second-order valence-electron chi connectivity index (χ2n) is 3.67. The minimum Gasteiger partial charge on any atom is -0.457 e. The van der Waals surface area contributed by atoms with Crippen LogP contribution in [0.3, 0.4) is 0 Å². The summed E-state index contributed by atoms with van der Waals surface area (Å²) in [7, 11) is 0. The third kappa shape index (κ3) is 2.66. The molecule has 2 aromatic rings. The lowest BCUT2D eigenvalue weighted by molar-refractivity contribution is 0.112. The molecule has 2 rings (SSSR count). The third-order valence-corrected chi connectivity index (χ3v) is 2.83. The number of carbonyl (C=O) groups is 1. The molecule has 0 aromatic heterocycles. The zero-order valence-corrected chi connectivity index (χ0v) is 10.1. The minimum atomic E-state index is 0.528. The van der Waals surface area contributed by atoms with E-state index in [1.807, 2.05) is 19.1 Å². The van der Waals surface area contributed by atoms with Crippen LogP contribution in [0.4, 0.5) is 0 Å². The highest BCUT2D eigenvalue weighted by molar-refractivity contribution is 6.31. The highest BCUT2D eigenvalue weighted by Crippen LogP contribution is 2.27. The van der Waals surface area contributed by atoms with Gasteiger partial charge >= 0.3 is 0 Å². The van der Waals surface area contributed by atoms with Crippen molar-refractivity contribution >= 4 is 17.9 Å². The van der Waals surface area contributed by atoms with E-state index in [0.29, 0.717) is 22.1 Å². The van der Waals surface area contributed by atoms with Crippen LogP contribution in [0.25, 0.3) is 0 Å². The van der Waals surface area contributed by atoms with E-state index in [0.717, 1.165) is 11.8 Å². The molecule has 0 heterocycles. The summed E-state index contributed by atoms with van der Waals surface area (Å²) in [6, 6.07) is 12.5. The number of hydrogen-bond acceptors (Lipinski definition) is 2. The molecule has 86 valence electrons. The van der Waals surface area contributed by atoms with Gasteiger partial charge < -0.3 is 4.74 Å². The number of aldehydes is 1. The maximum atomic E-state index is 10.8. The van der Waals surface area contributed by atoms with Gasteiger partial charge in [-0.25, -0.2) is 0 Å². The summed E-state index contributed by atoms with van der Waals surface area (Å²) in [4.78, 5) is 10.8. The molecular weight excluding hydrogens is 236 g/mol. The Morgan fingerprint density at radius 1 is 1.18 bits per heavy atom. The van der Waals surface area contributed by atoms with Crippen LogP contribution in [0, 0.1) is 6.92 Å². The van der Waals surface area contributed by atoms with Crippen molar-refractivity contribution in [2.24, 2.45) is 0 Å². The van der Waals surface area contributed by atoms with Gasteiger partial charge in [-0.3, -0.25) is 4.79 Å². The second-order valence-corrected chi connectivity index (χ2v) is 4.08. The van der Waals surface area contributed by atoms with Gasteiger partial charge in [0.15, 0.2) is 6.29 Å². The smallest absolute Gasteiger partial charge is 0.153 e. The van der Waals surface area contributed by atoms with E-state index in [9.17, 15) is 4.79 Å². The standard InChI is InChI=1S/C14H11ClO2/c1-10-8-12(6-7-13(10)15)17-14-5-3-2-4-11(14)9-16/h2-9H,1H3. The molecule has 0 bridgehead atoms. The van der Waals surface area contributed by atoms with Crippen molar-refractivity contribution in [3.8, 4) is 11.5 Å². The lowest BCUT2D eigenvalue weighted by Gasteiger charge is -2.08. The summed E-state index contributed by atoms with van der Waals surface area (Å²) in [5.74, 6) is 1.21. The van der Waals surface area contributed by atoms with Crippen molar-refractivity contribution in [3.63, 3.8) is 0 Å². The summed E-state index contributed by atoms with van der Waals surface area (Å²) in [5.41, 5.74) is 1.47. The van der Waals surface area contributed by atoms with Gasteiger partial charge in [0.05, 0.1) is 5.56 Å². The van der Waals surface area contributed by atoms with Crippen LogP contribution in [0.1, 0.15) is 15.9 Å². The fourth-order valence-electron chi connectivity index (χ4n) is 1.48. The molecule has 0 radical (unpaired) electrons. The highest BCUT2D eigenvalue weighted by atomic mass is 35.5. The molecule has 17 heavy (non-hydrogen) atoms. The van der Waals surface area contributed by atoms with E-state index in [-0.39, 0.29) is 0 Å². The molecule has 0 aliphatic rings. The van der Waals surface area contributed by atoms with Gasteiger partial charge in [-0.1, -0.05) is 23.7 Å². The summed E-state index contributed by atoms with van der Waals surface area (Å²) in [6.45, 7) is 1.90. The van der Waals surface area contributed by atoms with Gasteiger partial charge in [0.1, 0.15) is 11.5 Å². The molecular formula is C14H11ClO2. The number of carbonyl (C=O) groups excluding carboxylic acids is 1. The summed E-state index contributed by atoms with van der Waals surface area (Å²) >= 11 is 5.93. The van der Waals surface area contributed by atoms with E-state index in [1.165, 1.54) is 0 Å². The van der Waals surface area contributed by atoms with Crippen LogP contribution in [-0.4, -0.2) is 6.29 Å². The first-order valence-electron chi connectivity index (χ1n) is 5.19. The molecule has 0 aliphatic heterocycles. The fraction of sp³-hybridized carbons (Fsp3) is 0.0714. The normalized spacial score (nSPS) is 10.0. The molecule has 0 saturated heterocycles. The van der Waals surface area contributed by atoms with E-state index >= 15 is 0 Å². The van der Waals surface area contributed by atoms with E-state index in [4.69, 9.17) is 16.3 Å². The van der Waals surface area contributed by atoms with Crippen molar-refractivity contribution in [2.45, 2.75) is 6.92 Å². The highest BCUT2D eigenvalue weighted by Gasteiger charge is 2.04. The Labute approximate surface area is 105 Å². The Bertz CT molecular complexity index is 550. The van der Waals surface area contributed by atoms with Crippen LogP contribution in [0.15, 0.2) is 42.5 Å². The molecule has 0 saturated carbocycles. The average Bonchev–Trinajstić information content (AvgIpc) is 2.34. The molecule has 0 N–H and O–H groups in total. The zero-order valence-electron chi connectivity index (χ0n) is 9.31. The third-order valence-electron chi connectivity index (χ3n) is 2.40. The summed E-state index contributed by atoms with van der Waals surface area (Å²) in [6.07, 6.45) is 0.776. The second kappa shape index (κ2) is 5.02. The predicted octanol–water partition coefficient (Wildman–Crippen LogP) is 4.25. The number of ether oxygens (including phenoxy) is 1. The maximum absolute atomic E-state index is 10.8. The molecule has 0 unspecified atom stereocenters. The number of benzene rings is 2. The van der Waals surface area contributed by atoms with Crippen molar-refractivity contribution < 1.29 is 9.53 Å². The number of halogens is 1. The summed E-state index contributed by atoms with van der Waals surface area (Å²) < 4.78 is 5.65. The number of hydrogen-bond donors (Lipinski definition) is 0. The van der Waals surface area contributed by atoms with Gasteiger partial charge in [0, 0.05) is 5.02 Å². The number of para-hydroxylation sites is 1. The quantitative estimate of drug-likeness (QED) is 0.757. The largest absolute Gasteiger partial charge is 0.457 e. The van der Waals surface area contributed by atoms with Gasteiger partial charge in [0.25, 0.3) is 0 Å². The molecule has 0 atom stereocenters. The van der Waals surface area contributed by atoms with E-state index in [1.54, 1.807) is 30.3 Å². The van der Waals surface area contributed by atoms with Crippen LogP contribution < -0.4 is 4.74 Å². The Morgan fingerprint density at radius 2 is 1.94 bits per heavy atom. The monoisotopic (exact) mass is 246 g/mol. The Morgan fingerprint density at radius 3 is 2.65 bits per heavy atom. The van der Waals surface area contributed by atoms with Gasteiger partial charge in [-0.2, -0.15) is 0 Å². The molecule has 3 heteroatoms. The predicted molar refractivity (Wildman–Crippen MR) is 68.1 cm³/mol. The fourth-order valence-corrected chi connectivity index (χ4v) is 1.60. The SMILES string of the molecule is Cc1cc(Oc2ccccc2C=O)ccc1Cl. The van der Waals surface area contributed by atoms with Crippen LogP contribution in [0.5, 0.6) is 11.5 Å². The van der Waals surface area contributed by atoms with E-state index in [2.05, 4.69) is 0 Å². The first-order chi connectivity index (χ1) is 8.20. The topological polar surface area (TPSA) is 26.3 Å². The Kier molecular flexibility index (Phi) is 3.45. The first kappa shape index (κ1) is 11.7. The Balaban J connectivity index is 2.31. The van der Waals surface area contributed by atoms with Crippen LogP contribution in [-0.2, 0) is 0 Å². The first-order valence-corrected chi connectivity index (χ1v) is 5.56. The van der Waals surface area contributed by atoms with Gasteiger partial charge in [-0.15, -0.1) is 0 Å². The van der Waals surface area contributed by atoms with Crippen LogP contribution in [0.2, 0.25) is 5.02 Å². The molecule has 0 aliphatic carbocycles. The zero-order chi connectivity index (χ0) is 12.3. The molecule has 0 amide bonds. The van der Waals surface area contributed by atoms with Crippen molar-refractivity contribution in [1.82, 2.24) is 0 Å². The van der Waals surface area contributed by atoms with Crippen molar-refractivity contribution in [2.75, 3.05) is 0 Å².